The Labute approximate surface area is 133 Å². The maximum Gasteiger partial charge on any atom is 0.337 e. The van der Waals surface area contributed by atoms with Gasteiger partial charge in [0.05, 0.1) is 12.7 Å². The van der Waals surface area contributed by atoms with E-state index in [2.05, 4.69) is 15.4 Å². The van der Waals surface area contributed by atoms with E-state index in [1.807, 2.05) is 6.26 Å². The summed E-state index contributed by atoms with van der Waals surface area (Å²) in [5.74, 6) is -0.194. The molecule has 0 aliphatic heterocycles. The second kappa shape index (κ2) is 8.93. The molecule has 0 aliphatic carbocycles. The highest BCUT2D eigenvalue weighted by Gasteiger charge is 2.19. The van der Waals surface area contributed by atoms with Crippen molar-refractivity contribution < 1.29 is 19.1 Å². The minimum Gasteiger partial charge on any atom is -0.465 e. The van der Waals surface area contributed by atoms with E-state index < -0.39 is 23.9 Å². The summed E-state index contributed by atoms with van der Waals surface area (Å²) in [6, 6.07) is 4.85. The third-order valence-corrected chi connectivity index (χ3v) is 3.44. The first-order chi connectivity index (χ1) is 10.5. The predicted molar refractivity (Wildman–Crippen MR) is 85.9 cm³/mol. The summed E-state index contributed by atoms with van der Waals surface area (Å²) in [5, 5.41) is 5.05. The van der Waals surface area contributed by atoms with E-state index in [0.717, 1.165) is 0 Å². The van der Waals surface area contributed by atoms with Crippen LogP contribution in [-0.2, 0) is 9.53 Å². The van der Waals surface area contributed by atoms with Crippen molar-refractivity contribution >= 4 is 35.4 Å². The van der Waals surface area contributed by atoms with Crippen LogP contribution in [0, 0.1) is 0 Å². The third kappa shape index (κ3) is 5.65. The van der Waals surface area contributed by atoms with Crippen molar-refractivity contribution in [3.8, 4) is 0 Å². The molecule has 0 saturated heterocycles. The number of urea groups is 1. The van der Waals surface area contributed by atoms with Crippen LogP contribution in [0.25, 0.3) is 0 Å². The van der Waals surface area contributed by atoms with Crippen molar-refractivity contribution in [1.29, 1.82) is 0 Å². The number of carbonyl (C=O) groups excluding carboxylic acids is 3. The van der Waals surface area contributed by atoms with Crippen molar-refractivity contribution in [3.63, 3.8) is 0 Å². The third-order valence-electron chi connectivity index (χ3n) is 2.79. The predicted octanol–water partition coefficient (Wildman–Crippen LogP) is 1.20. The number of nitrogens with two attached hydrogens (primary N) is 1. The molecule has 1 atom stereocenters. The smallest absolute Gasteiger partial charge is 0.337 e. The topological polar surface area (TPSA) is 111 Å². The number of esters is 1. The fourth-order valence-corrected chi connectivity index (χ4v) is 2.22. The Kier molecular flexibility index (Phi) is 7.24. The second-order valence-corrected chi connectivity index (χ2v) is 5.39. The Morgan fingerprint density at radius 3 is 2.68 bits per heavy atom. The molecule has 0 spiro atoms. The van der Waals surface area contributed by atoms with Gasteiger partial charge in [0.2, 0.25) is 5.91 Å². The van der Waals surface area contributed by atoms with Crippen molar-refractivity contribution in [2.45, 2.75) is 12.5 Å². The summed E-state index contributed by atoms with van der Waals surface area (Å²) >= 11 is 1.56. The number of primary amides is 1. The number of thioether (sulfide) groups is 1. The minimum absolute atomic E-state index is 0.323. The monoisotopic (exact) mass is 325 g/mol. The minimum atomic E-state index is -0.760. The average molecular weight is 325 g/mol. The van der Waals surface area contributed by atoms with Crippen molar-refractivity contribution in [3.05, 3.63) is 29.8 Å². The number of amides is 3. The molecule has 0 radical (unpaired) electrons. The second-order valence-electron chi connectivity index (χ2n) is 4.40. The quantitative estimate of drug-likeness (QED) is 0.652. The molecule has 1 aromatic rings. The first-order valence-corrected chi connectivity index (χ1v) is 7.91. The first-order valence-electron chi connectivity index (χ1n) is 6.52. The van der Waals surface area contributed by atoms with E-state index in [9.17, 15) is 14.4 Å². The largest absolute Gasteiger partial charge is 0.465 e. The number of ether oxygens (including phenoxy) is 1. The maximum atomic E-state index is 12.2. The standard InChI is InChI=1S/C14H19N3O4S/c1-21-13(19)9-4-3-5-10(8-9)16-12(18)11(6-7-22-2)17-14(15)20/h3-5,8,11H,6-7H2,1-2H3,(H,16,18)(H3,15,17,20). The molecule has 3 amide bonds. The molecule has 0 fully saturated rings. The van der Waals surface area contributed by atoms with Crippen LogP contribution in [0.3, 0.4) is 0 Å². The molecule has 4 N–H and O–H groups in total. The fourth-order valence-electron chi connectivity index (χ4n) is 1.75. The summed E-state index contributed by atoms with van der Waals surface area (Å²) in [7, 11) is 1.28. The number of hydrogen-bond donors (Lipinski definition) is 3. The van der Waals surface area contributed by atoms with E-state index in [1.165, 1.54) is 13.2 Å². The molecule has 7 nitrogen and oxygen atoms in total. The zero-order valence-electron chi connectivity index (χ0n) is 12.4. The molecule has 22 heavy (non-hydrogen) atoms. The number of rotatable bonds is 7. The van der Waals surface area contributed by atoms with Crippen LogP contribution >= 0.6 is 11.8 Å². The molecule has 8 heteroatoms. The number of hydrogen-bond acceptors (Lipinski definition) is 5. The van der Waals surface area contributed by atoms with Gasteiger partial charge in [-0.15, -0.1) is 0 Å². The van der Waals surface area contributed by atoms with Crippen LogP contribution in [0.2, 0.25) is 0 Å². The molecule has 120 valence electrons. The summed E-state index contributed by atoms with van der Waals surface area (Å²) in [4.78, 5) is 34.6. The van der Waals surface area contributed by atoms with Crippen LogP contribution in [0.1, 0.15) is 16.8 Å². The zero-order chi connectivity index (χ0) is 16.5. The van der Waals surface area contributed by atoms with Gasteiger partial charge in [0.25, 0.3) is 0 Å². The Morgan fingerprint density at radius 1 is 1.36 bits per heavy atom. The molecule has 0 bridgehead atoms. The van der Waals surface area contributed by atoms with E-state index in [0.29, 0.717) is 23.4 Å². The highest BCUT2D eigenvalue weighted by Crippen LogP contribution is 2.13. The highest BCUT2D eigenvalue weighted by atomic mass is 32.2. The van der Waals surface area contributed by atoms with Crippen molar-refractivity contribution in [2.75, 3.05) is 24.4 Å². The number of benzene rings is 1. The van der Waals surface area contributed by atoms with E-state index >= 15 is 0 Å². The fraction of sp³-hybridized carbons (Fsp3) is 0.357. The van der Waals surface area contributed by atoms with Crippen LogP contribution in [0.15, 0.2) is 24.3 Å². The zero-order valence-corrected chi connectivity index (χ0v) is 13.2. The molecular formula is C14H19N3O4S. The normalized spacial score (nSPS) is 11.4. The van der Waals surface area contributed by atoms with Gasteiger partial charge in [0, 0.05) is 5.69 Å². The number of nitrogens with one attached hydrogen (secondary N) is 2. The van der Waals surface area contributed by atoms with Crippen molar-refractivity contribution in [2.24, 2.45) is 5.73 Å². The van der Waals surface area contributed by atoms with Crippen LogP contribution in [0.5, 0.6) is 0 Å². The molecular weight excluding hydrogens is 306 g/mol. The summed E-state index contributed by atoms with van der Waals surface area (Å²) in [5.41, 5.74) is 5.84. The number of anilines is 1. The van der Waals surface area contributed by atoms with Crippen LogP contribution in [-0.4, -0.2) is 43.1 Å². The molecule has 1 aromatic carbocycles. The molecule has 0 saturated carbocycles. The average Bonchev–Trinajstić information content (AvgIpc) is 2.50. The summed E-state index contributed by atoms with van der Waals surface area (Å²) in [6.07, 6.45) is 2.35. The summed E-state index contributed by atoms with van der Waals surface area (Å²) in [6.45, 7) is 0. The SMILES string of the molecule is COC(=O)c1cccc(NC(=O)C(CCSC)NC(N)=O)c1. The first kappa shape index (κ1) is 17.8. The summed E-state index contributed by atoms with van der Waals surface area (Å²) < 4.78 is 4.62. The van der Waals surface area contributed by atoms with Gasteiger partial charge in [-0.05, 0) is 36.6 Å². The van der Waals surface area contributed by atoms with Gasteiger partial charge >= 0.3 is 12.0 Å². The lowest BCUT2D eigenvalue weighted by Gasteiger charge is -2.17. The molecule has 1 rings (SSSR count). The Bertz CT molecular complexity index is 551. The van der Waals surface area contributed by atoms with E-state index in [1.54, 1.807) is 30.0 Å². The lowest BCUT2D eigenvalue weighted by Crippen LogP contribution is -2.46. The Hall–Kier alpha value is -2.22. The molecule has 0 heterocycles. The Morgan fingerprint density at radius 2 is 2.09 bits per heavy atom. The van der Waals surface area contributed by atoms with Gasteiger partial charge in [0.1, 0.15) is 6.04 Å². The number of methoxy groups -OCH3 is 1. The molecule has 0 aliphatic rings. The van der Waals surface area contributed by atoms with Gasteiger partial charge in [-0.25, -0.2) is 9.59 Å². The van der Waals surface area contributed by atoms with E-state index in [-0.39, 0.29) is 0 Å². The molecule has 1 unspecified atom stereocenters. The number of carbonyl (C=O) groups is 3. The highest BCUT2D eigenvalue weighted by molar-refractivity contribution is 7.98. The van der Waals surface area contributed by atoms with Gasteiger partial charge < -0.3 is 21.1 Å². The van der Waals surface area contributed by atoms with Crippen LogP contribution < -0.4 is 16.4 Å². The van der Waals surface area contributed by atoms with Gasteiger partial charge in [0.15, 0.2) is 0 Å². The lowest BCUT2D eigenvalue weighted by molar-refractivity contribution is -0.117. The van der Waals surface area contributed by atoms with Gasteiger partial charge in [-0.2, -0.15) is 11.8 Å². The van der Waals surface area contributed by atoms with Gasteiger partial charge in [-0.1, -0.05) is 6.07 Å². The van der Waals surface area contributed by atoms with E-state index in [4.69, 9.17) is 5.73 Å². The van der Waals surface area contributed by atoms with Crippen LogP contribution in [0.4, 0.5) is 10.5 Å². The lowest BCUT2D eigenvalue weighted by atomic mass is 10.1. The molecule has 0 aromatic heterocycles. The van der Waals surface area contributed by atoms with Crippen molar-refractivity contribution in [1.82, 2.24) is 5.32 Å². The Balaban J connectivity index is 2.79. The van der Waals surface area contributed by atoms with Gasteiger partial charge in [-0.3, -0.25) is 4.79 Å². The maximum absolute atomic E-state index is 12.2.